The highest BCUT2D eigenvalue weighted by molar-refractivity contribution is 5.72. The lowest BCUT2D eigenvalue weighted by atomic mass is 9.72. The van der Waals surface area contributed by atoms with Gasteiger partial charge in [0.05, 0.1) is 11.5 Å². The minimum absolute atomic E-state index is 0.0342. The third kappa shape index (κ3) is 2.94. The molecule has 3 atom stereocenters. The summed E-state index contributed by atoms with van der Waals surface area (Å²) in [6, 6.07) is 0. The van der Waals surface area contributed by atoms with Crippen molar-refractivity contribution >= 4 is 5.97 Å². The van der Waals surface area contributed by atoms with Gasteiger partial charge in [-0.2, -0.15) is 0 Å². The molecule has 0 aliphatic heterocycles. The van der Waals surface area contributed by atoms with Gasteiger partial charge >= 0.3 is 5.97 Å². The fraction of sp³-hybridized carbons (Fsp3) is 0.917. The third-order valence-corrected chi connectivity index (χ3v) is 3.40. The molecule has 1 aliphatic carbocycles. The van der Waals surface area contributed by atoms with E-state index in [2.05, 4.69) is 0 Å². The molecular weight excluding hydrogens is 192 g/mol. The van der Waals surface area contributed by atoms with E-state index in [1.807, 2.05) is 13.8 Å². The van der Waals surface area contributed by atoms with Crippen molar-refractivity contribution in [3.05, 3.63) is 0 Å². The number of esters is 1. The van der Waals surface area contributed by atoms with Gasteiger partial charge in [-0.15, -0.1) is 0 Å². The van der Waals surface area contributed by atoms with Crippen LogP contribution in [0.25, 0.3) is 0 Å². The molecule has 0 saturated heterocycles. The molecular formula is C12H22O3. The number of carbonyl (C=O) groups is 1. The van der Waals surface area contributed by atoms with Crippen LogP contribution in [0.1, 0.15) is 47.0 Å². The van der Waals surface area contributed by atoms with Crippen molar-refractivity contribution in [3.63, 3.8) is 0 Å². The summed E-state index contributed by atoms with van der Waals surface area (Å²) in [5.41, 5.74) is -0.737. The Kier molecular flexibility index (Phi) is 3.77. The SMILES string of the molecule is CCC(C)C(=O)OC1CCC1C(C)(C)O. The van der Waals surface area contributed by atoms with Crippen LogP contribution in [0.15, 0.2) is 0 Å². The smallest absolute Gasteiger partial charge is 0.308 e. The van der Waals surface area contributed by atoms with Crippen molar-refractivity contribution in [1.29, 1.82) is 0 Å². The van der Waals surface area contributed by atoms with E-state index in [-0.39, 0.29) is 23.9 Å². The Balaban J connectivity index is 2.44. The van der Waals surface area contributed by atoms with Gasteiger partial charge in [-0.1, -0.05) is 13.8 Å². The molecule has 0 spiro atoms. The zero-order valence-electron chi connectivity index (χ0n) is 10.1. The number of ether oxygens (including phenoxy) is 1. The fourth-order valence-corrected chi connectivity index (χ4v) is 1.85. The molecule has 88 valence electrons. The van der Waals surface area contributed by atoms with Crippen LogP contribution in [-0.2, 0) is 9.53 Å². The number of carbonyl (C=O) groups excluding carboxylic acids is 1. The standard InChI is InChI=1S/C12H22O3/c1-5-8(2)11(13)15-10-7-6-9(10)12(3,4)14/h8-10,14H,5-7H2,1-4H3. The van der Waals surface area contributed by atoms with Crippen LogP contribution < -0.4 is 0 Å². The van der Waals surface area contributed by atoms with E-state index in [9.17, 15) is 9.90 Å². The minimum Gasteiger partial charge on any atom is -0.462 e. The van der Waals surface area contributed by atoms with Crippen LogP contribution in [0.5, 0.6) is 0 Å². The van der Waals surface area contributed by atoms with Crippen LogP contribution >= 0.6 is 0 Å². The van der Waals surface area contributed by atoms with E-state index in [0.29, 0.717) is 0 Å². The average Bonchev–Trinajstić information content (AvgIpc) is 2.07. The normalized spacial score (nSPS) is 28.1. The van der Waals surface area contributed by atoms with Crippen molar-refractivity contribution in [2.24, 2.45) is 11.8 Å². The molecule has 0 amide bonds. The number of hydrogen-bond acceptors (Lipinski definition) is 3. The zero-order valence-corrected chi connectivity index (χ0v) is 10.1. The molecule has 0 bridgehead atoms. The first kappa shape index (κ1) is 12.5. The van der Waals surface area contributed by atoms with Gasteiger partial charge in [-0.25, -0.2) is 0 Å². The second-order valence-corrected chi connectivity index (χ2v) is 5.12. The van der Waals surface area contributed by atoms with E-state index in [1.165, 1.54) is 0 Å². The zero-order chi connectivity index (χ0) is 11.6. The highest BCUT2D eigenvalue weighted by atomic mass is 16.5. The van der Waals surface area contributed by atoms with Crippen molar-refractivity contribution < 1.29 is 14.6 Å². The summed E-state index contributed by atoms with van der Waals surface area (Å²) in [5.74, 6) is -0.0602. The summed E-state index contributed by atoms with van der Waals surface area (Å²) in [5, 5.41) is 9.83. The summed E-state index contributed by atoms with van der Waals surface area (Å²) >= 11 is 0. The highest BCUT2D eigenvalue weighted by Crippen LogP contribution is 2.38. The highest BCUT2D eigenvalue weighted by Gasteiger charge is 2.43. The molecule has 1 aliphatic rings. The van der Waals surface area contributed by atoms with Crippen LogP contribution in [0.4, 0.5) is 0 Å². The predicted octanol–water partition coefficient (Wildman–Crippen LogP) is 2.13. The maximum atomic E-state index is 11.5. The third-order valence-electron chi connectivity index (χ3n) is 3.40. The molecule has 3 nitrogen and oxygen atoms in total. The molecule has 3 unspecified atom stereocenters. The topological polar surface area (TPSA) is 46.5 Å². The van der Waals surface area contributed by atoms with Crippen LogP contribution in [0, 0.1) is 11.8 Å². The second kappa shape index (κ2) is 4.52. The summed E-state index contributed by atoms with van der Waals surface area (Å²) in [6.45, 7) is 7.40. The van der Waals surface area contributed by atoms with E-state index in [1.54, 1.807) is 13.8 Å². The Bertz CT molecular complexity index is 230. The molecule has 0 aromatic rings. The van der Waals surface area contributed by atoms with Crippen molar-refractivity contribution in [3.8, 4) is 0 Å². The first-order chi connectivity index (χ1) is 6.86. The van der Waals surface area contributed by atoms with Crippen molar-refractivity contribution in [1.82, 2.24) is 0 Å². The maximum Gasteiger partial charge on any atom is 0.308 e. The van der Waals surface area contributed by atoms with E-state index >= 15 is 0 Å². The van der Waals surface area contributed by atoms with Gasteiger partial charge in [0.2, 0.25) is 0 Å². The van der Waals surface area contributed by atoms with Crippen molar-refractivity contribution in [2.45, 2.75) is 58.7 Å². The van der Waals surface area contributed by atoms with Gasteiger partial charge in [0, 0.05) is 5.92 Å². The van der Waals surface area contributed by atoms with Gasteiger partial charge in [0.1, 0.15) is 6.10 Å². The molecule has 0 radical (unpaired) electrons. The Morgan fingerprint density at radius 3 is 2.47 bits per heavy atom. The monoisotopic (exact) mass is 214 g/mol. The maximum absolute atomic E-state index is 11.5. The molecule has 15 heavy (non-hydrogen) atoms. The first-order valence-corrected chi connectivity index (χ1v) is 5.79. The predicted molar refractivity (Wildman–Crippen MR) is 58.4 cm³/mol. The lowest BCUT2D eigenvalue weighted by Gasteiger charge is -2.43. The van der Waals surface area contributed by atoms with Crippen LogP contribution in [0.2, 0.25) is 0 Å². The van der Waals surface area contributed by atoms with E-state index < -0.39 is 5.60 Å². The second-order valence-electron chi connectivity index (χ2n) is 5.12. The van der Waals surface area contributed by atoms with Gasteiger partial charge < -0.3 is 9.84 Å². The molecule has 0 aromatic heterocycles. The number of rotatable bonds is 4. The largest absolute Gasteiger partial charge is 0.462 e. The molecule has 0 heterocycles. The van der Waals surface area contributed by atoms with E-state index in [4.69, 9.17) is 4.74 Å². The quantitative estimate of drug-likeness (QED) is 0.729. The lowest BCUT2D eigenvalue weighted by Crippen LogP contribution is -2.48. The Labute approximate surface area is 91.8 Å². The molecule has 1 saturated carbocycles. The molecule has 0 aromatic carbocycles. The summed E-state index contributed by atoms with van der Waals surface area (Å²) in [7, 11) is 0. The Hall–Kier alpha value is -0.570. The van der Waals surface area contributed by atoms with E-state index in [0.717, 1.165) is 19.3 Å². The first-order valence-electron chi connectivity index (χ1n) is 5.79. The molecule has 1 N–H and O–H groups in total. The summed E-state index contributed by atoms with van der Waals surface area (Å²) in [6.07, 6.45) is 2.56. The molecule has 3 heteroatoms. The van der Waals surface area contributed by atoms with Gasteiger partial charge in [0.25, 0.3) is 0 Å². The van der Waals surface area contributed by atoms with Gasteiger partial charge in [-0.05, 0) is 33.1 Å². The van der Waals surface area contributed by atoms with Gasteiger partial charge in [0.15, 0.2) is 0 Å². The minimum atomic E-state index is -0.737. The number of hydrogen-bond donors (Lipinski definition) is 1. The Morgan fingerprint density at radius 1 is 1.53 bits per heavy atom. The fourth-order valence-electron chi connectivity index (χ4n) is 1.85. The van der Waals surface area contributed by atoms with Crippen LogP contribution in [-0.4, -0.2) is 22.8 Å². The average molecular weight is 214 g/mol. The summed E-state index contributed by atoms with van der Waals surface area (Å²) < 4.78 is 5.38. The summed E-state index contributed by atoms with van der Waals surface area (Å²) in [4.78, 5) is 11.5. The van der Waals surface area contributed by atoms with Crippen molar-refractivity contribution in [2.75, 3.05) is 0 Å². The van der Waals surface area contributed by atoms with Gasteiger partial charge in [-0.3, -0.25) is 4.79 Å². The molecule has 1 fully saturated rings. The molecule has 1 rings (SSSR count). The van der Waals surface area contributed by atoms with Crippen LogP contribution in [0.3, 0.4) is 0 Å². The Morgan fingerprint density at radius 2 is 2.13 bits per heavy atom. The number of aliphatic hydroxyl groups is 1. The lowest BCUT2D eigenvalue weighted by molar-refractivity contribution is -0.174.